The molecule has 0 amide bonds. The first-order valence-corrected chi connectivity index (χ1v) is 6.31. The van der Waals surface area contributed by atoms with Crippen molar-refractivity contribution >= 4 is 26.6 Å². The summed E-state index contributed by atoms with van der Waals surface area (Å²) in [5, 5.41) is 1.61. The van der Waals surface area contributed by atoms with Gasteiger partial charge in [0, 0.05) is 17.8 Å². The third kappa shape index (κ3) is 1.59. The predicted octanol–water partition coefficient (Wildman–Crippen LogP) is 2.26. The second kappa shape index (κ2) is 3.87. The molecule has 1 aliphatic rings. The van der Waals surface area contributed by atoms with Crippen molar-refractivity contribution in [1.82, 2.24) is 4.98 Å². The number of rotatable bonds is 1. The van der Waals surface area contributed by atoms with Gasteiger partial charge in [0.25, 0.3) is 5.56 Å². The Morgan fingerprint density at radius 3 is 2.75 bits per heavy atom. The van der Waals surface area contributed by atoms with Crippen LogP contribution in [0.15, 0.2) is 29.1 Å². The molecule has 1 aliphatic heterocycles. The van der Waals surface area contributed by atoms with Crippen molar-refractivity contribution in [1.29, 1.82) is 0 Å². The molecule has 3 nitrogen and oxygen atoms in total. The van der Waals surface area contributed by atoms with Crippen molar-refractivity contribution in [2.24, 2.45) is 0 Å². The summed E-state index contributed by atoms with van der Waals surface area (Å²) >= 11 is 1.61. The highest BCUT2D eigenvalue weighted by atomic mass is 32.1. The first-order chi connectivity index (χ1) is 7.84. The minimum Gasteiger partial charge on any atom is -0.348 e. The van der Waals surface area contributed by atoms with E-state index in [0.29, 0.717) is 0 Å². The second-order valence-corrected chi connectivity index (χ2v) is 5.00. The van der Waals surface area contributed by atoms with Crippen LogP contribution in [0, 0.1) is 0 Å². The van der Waals surface area contributed by atoms with Crippen LogP contribution in [0.5, 0.6) is 0 Å². The van der Waals surface area contributed by atoms with Gasteiger partial charge in [-0.15, -0.1) is 0 Å². The lowest BCUT2D eigenvalue weighted by atomic mass is 10.3. The molecule has 0 N–H and O–H groups in total. The molecule has 0 radical (unpaired) electrons. The monoisotopic (exact) mass is 232 g/mol. The minimum absolute atomic E-state index is 0.101. The molecule has 4 heteroatoms. The highest BCUT2D eigenvalue weighted by Crippen LogP contribution is 2.26. The molecule has 0 bridgehead atoms. The Kier molecular flexibility index (Phi) is 2.36. The second-order valence-electron chi connectivity index (χ2n) is 3.99. The summed E-state index contributed by atoms with van der Waals surface area (Å²) in [6.07, 6.45) is 2.41. The highest BCUT2D eigenvalue weighted by molar-refractivity contribution is 7.21. The van der Waals surface area contributed by atoms with Crippen molar-refractivity contribution in [3.8, 4) is 0 Å². The SMILES string of the molecule is O=c1nc(N2CCCC2)sc2ccccc12. The maximum absolute atomic E-state index is 11.8. The number of nitrogens with zero attached hydrogens (tertiary/aromatic N) is 2. The van der Waals surface area contributed by atoms with Crippen LogP contribution in [0.4, 0.5) is 5.13 Å². The van der Waals surface area contributed by atoms with Gasteiger partial charge >= 0.3 is 0 Å². The normalized spacial score (nSPS) is 15.9. The first-order valence-electron chi connectivity index (χ1n) is 5.49. The zero-order valence-corrected chi connectivity index (χ0v) is 9.67. The fraction of sp³-hybridized carbons (Fsp3) is 0.333. The predicted molar refractivity (Wildman–Crippen MR) is 67.3 cm³/mol. The minimum atomic E-state index is -0.101. The van der Waals surface area contributed by atoms with Crippen LogP contribution in [0.1, 0.15) is 12.8 Å². The molecule has 1 fully saturated rings. The third-order valence-corrected chi connectivity index (χ3v) is 4.00. The van der Waals surface area contributed by atoms with Gasteiger partial charge in [-0.3, -0.25) is 4.79 Å². The van der Waals surface area contributed by atoms with Gasteiger partial charge in [0.2, 0.25) is 0 Å². The van der Waals surface area contributed by atoms with Crippen LogP contribution in [0.2, 0.25) is 0 Å². The molecule has 82 valence electrons. The maximum Gasteiger partial charge on any atom is 0.281 e. The Labute approximate surface area is 97.4 Å². The van der Waals surface area contributed by atoms with E-state index in [0.717, 1.165) is 28.3 Å². The molecule has 1 saturated heterocycles. The van der Waals surface area contributed by atoms with Gasteiger partial charge in [-0.2, -0.15) is 4.98 Å². The fourth-order valence-corrected chi connectivity index (χ4v) is 3.09. The zero-order valence-electron chi connectivity index (χ0n) is 8.85. The zero-order chi connectivity index (χ0) is 11.0. The van der Waals surface area contributed by atoms with E-state index in [9.17, 15) is 4.79 Å². The van der Waals surface area contributed by atoms with E-state index in [1.807, 2.05) is 24.3 Å². The largest absolute Gasteiger partial charge is 0.348 e. The van der Waals surface area contributed by atoms with Crippen molar-refractivity contribution in [2.75, 3.05) is 18.0 Å². The molecule has 0 spiro atoms. The topological polar surface area (TPSA) is 33.2 Å². The van der Waals surface area contributed by atoms with Gasteiger partial charge in [0.1, 0.15) is 0 Å². The van der Waals surface area contributed by atoms with Crippen LogP contribution < -0.4 is 10.5 Å². The molecule has 0 saturated carbocycles. The van der Waals surface area contributed by atoms with Gasteiger partial charge in [0.15, 0.2) is 5.13 Å². The first kappa shape index (κ1) is 9.78. The van der Waals surface area contributed by atoms with E-state index in [-0.39, 0.29) is 5.56 Å². The highest BCUT2D eigenvalue weighted by Gasteiger charge is 2.15. The van der Waals surface area contributed by atoms with Gasteiger partial charge < -0.3 is 4.90 Å². The standard InChI is InChI=1S/C12H12N2OS/c15-11-9-5-1-2-6-10(9)16-12(13-11)14-7-3-4-8-14/h1-2,5-6H,3-4,7-8H2. The summed E-state index contributed by atoms with van der Waals surface area (Å²) in [4.78, 5) is 18.2. The van der Waals surface area contributed by atoms with Crippen molar-refractivity contribution in [2.45, 2.75) is 12.8 Å². The molecule has 1 aromatic heterocycles. The molecular formula is C12H12N2OS. The van der Waals surface area contributed by atoms with E-state index in [1.165, 1.54) is 12.8 Å². The third-order valence-electron chi connectivity index (χ3n) is 2.89. The number of hydrogen-bond donors (Lipinski definition) is 0. The van der Waals surface area contributed by atoms with Gasteiger partial charge in [0.05, 0.1) is 5.39 Å². The Hall–Kier alpha value is -1.42. The Morgan fingerprint density at radius 1 is 1.19 bits per heavy atom. The Balaban J connectivity index is 2.17. The molecule has 1 aromatic carbocycles. The lowest BCUT2D eigenvalue weighted by Gasteiger charge is -2.14. The van der Waals surface area contributed by atoms with Crippen molar-refractivity contribution in [3.05, 3.63) is 34.6 Å². The molecule has 0 atom stereocenters. The smallest absolute Gasteiger partial charge is 0.281 e. The summed E-state index contributed by atoms with van der Waals surface area (Å²) < 4.78 is 1.03. The van der Waals surface area contributed by atoms with Crippen molar-refractivity contribution in [3.63, 3.8) is 0 Å². The van der Waals surface area contributed by atoms with E-state index in [2.05, 4.69) is 9.88 Å². The molecular weight excluding hydrogens is 220 g/mol. The maximum atomic E-state index is 11.8. The number of hydrogen-bond acceptors (Lipinski definition) is 4. The quantitative estimate of drug-likeness (QED) is 0.756. The summed E-state index contributed by atoms with van der Waals surface area (Å²) in [5.74, 6) is 0. The van der Waals surface area contributed by atoms with E-state index in [1.54, 1.807) is 11.3 Å². The van der Waals surface area contributed by atoms with E-state index in [4.69, 9.17) is 0 Å². The molecule has 16 heavy (non-hydrogen) atoms. The Bertz CT molecular complexity index is 572. The van der Waals surface area contributed by atoms with Crippen LogP contribution in [0.3, 0.4) is 0 Å². The van der Waals surface area contributed by atoms with Crippen LogP contribution >= 0.6 is 11.3 Å². The molecule has 2 aromatic rings. The molecule has 0 aliphatic carbocycles. The summed E-state index contributed by atoms with van der Waals surface area (Å²) in [6.45, 7) is 2.06. The van der Waals surface area contributed by atoms with Gasteiger partial charge in [-0.25, -0.2) is 0 Å². The van der Waals surface area contributed by atoms with Gasteiger partial charge in [-0.05, 0) is 25.0 Å². The fourth-order valence-electron chi connectivity index (χ4n) is 2.04. The van der Waals surface area contributed by atoms with Crippen LogP contribution in [0.25, 0.3) is 10.1 Å². The number of anilines is 1. The van der Waals surface area contributed by atoms with Crippen LogP contribution in [-0.2, 0) is 0 Å². The van der Waals surface area contributed by atoms with Crippen LogP contribution in [-0.4, -0.2) is 18.1 Å². The number of fused-ring (bicyclic) bond motifs is 1. The summed E-state index contributed by atoms with van der Waals surface area (Å²) in [5.41, 5.74) is -0.101. The lowest BCUT2D eigenvalue weighted by Crippen LogP contribution is -2.21. The average molecular weight is 232 g/mol. The summed E-state index contributed by atoms with van der Waals surface area (Å²) in [6, 6.07) is 7.68. The number of benzene rings is 1. The van der Waals surface area contributed by atoms with E-state index < -0.39 is 0 Å². The summed E-state index contributed by atoms with van der Waals surface area (Å²) in [7, 11) is 0. The average Bonchev–Trinajstić information content (AvgIpc) is 2.82. The van der Waals surface area contributed by atoms with E-state index >= 15 is 0 Å². The molecule has 2 heterocycles. The molecule has 3 rings (SSSR count). The van der Waals surface area contributed by atoms with Gasteiger partial charge in [-0.1, -0.05) is 23.5 Å². The van der Waals surface area contributed by atoms with Crippen molar-refractivity contribution < 1.29 is 0 Å². The lowest BCUT2D eigenvalue weighted by molar-refractivity contribution is 0.949. The molecule has 0 unspecified atom stereocenters. The Morgan fingerprint density at radius 2 is 1.94 bits per heavy atom. The number of aromatic nitrogens is 1.